The van der Waals surface area contributed by atoms with Crippen LogP contribution in [0.1, 0.15) is 44.2 Å². The van der Waals surface area contributed by atoms with Gasteiger partial charge in [0.15, 0.2) is 0 Å². The van der Waals surface area contributed by atoms with Gasteiger partial charge in [0.25, 0.3) is 0 Å². The summed E-state index contributed by atoms with van der Waals surface area (Å²) in [5, 5.41) is 0. The average molecular weight is 282 g/mol. The Labute approximate surface area is 107 Å². The van der Waals surface area contributed by atoms with E-state index >= 15 is 0 Å². The average Bonchev–Trinajstić information content (AvgIpc) is 2.30. The minimum Gasteiger partial charge on any atom is -0.324 e. The molecular formula is C14H20BrN. The van der Waals surface area contributed by atoms with Gasteiger partial charge in [-0.25, -0.2) is 0 Å². The van der Waals surface area contributed by atoms with Crippen molar-refractivity contribution >= 4 is 15.9 Å². The van der Waals surface area contributed by atoms with Gasteiger partial charge in [-0.3, -0.25) is 0 Å². The van der Waals surface area contributed by atoms with Gasteiger partial charge in [0.1, 0.15) is 0 Å². The summed E-state index contributed by atoms with van der Waals surface area (Å²) < 4.78 is 1.15. The second-order valence-electron chi connectivity index (χ2n) is 5.07. The summed E-state index contributed by atoms with van der Waals surface area (Å²) in [6.45, 7) is 2.35. The Hall–Kier alpha value is -0.340. The SMILES string of the molecule is CC1CCC(C(N)c2ccccc2Br)CC1. The maximum Gasteiger partial charge on any atom is 0.0334 e. The van der Waals surface area contributed by atoms with E-state index in [2.05, 4.69) is 41.1 Å². The van der Waals surface area contributed by atoms with Gasteiger partial charge in [0.05, 0.1) is 0 Å². The summed E-state index contributed by atoms with van der Waals surface area (Å²) in [5.41, 5.74) is 7.65. The third-order valence-electron chi connectivity index (χ3n) is 3.83. The van der Waals surface area contributed by atoms with Crippen LogP contribution in [0.2, 0.25) is 0 Å². The maximum absolute atomic E-state index is 6.39. The summed E-state index contributed by atoms with van der Waals surface area (Å²) >= 11 is 3.60. The van der Waals surface area contributed by atoms with Crippen molar-refractivity contribution in [2.24, 2.45) is 17.6 Å². The van der Waals surface area contributed by atoms with Crippen molar-refractivity contribution in [3.05, 3.63) is 34.3 Å². The Morgan fingerprint density at radius 3 is 2.44 bits per heavy atom. The lowest BCUT2D eigenvalue weighted by Gasteiger charge is -2.31. The topological polar surface area (TPSA) is 26.0 Å². The van der Waals surface area contributed by atoms with Gasteiger partial charge in [-0.05, 0) is 36.3 Å². The smallest absolute Gasteiger partial charge is 0.0334 e. The predicted molar refractivity (Wildman–Crippen MR) is 72.2 cm³/mol. The predicted octanol–water partition coefficient (Wildman–Crippen LogP) is 4.28. The molecule has 16 heavy (non-hydrogen) atoms. The molecule has 1 aromatic rings. The van der Waals surface area contributed by atoms with Crippen molar-refractivity contribution in [2.75, 3.05) is 0 Å². The van der Waals surface area contributed by atoms with Crippen LogP contribution >= 0.6 is 15.9 Å². The number of benzene rings is 1. The fourth-order valence-corrected chi connectivity index (χ4v) is 3.19. The van der Waals surface area contributed by atoms with Crippen LogP contribution in [0.4, 0.5) is 0 Å². The maximum atomic E-state index is 6.39. The largest absolute Gasteiger partial charge is 0.324 e. The molecule has 1 aromatic carbocycles. The van der Waals surface area contributed by atoms with Crippen LogP contribution in [0.3, 0.4) is 0 Å². The van der Waals surface area contributed by atoms with Gasteiger partial charge < -0.3 is 5.73 Å². The van der Waals surface area contributed by atoms with E-state index in [-0.39, 0.29) is 6.04 Å². The summed E-state index contributed by atoms with van der Waals surface area (Å²) in [7, 11) is 0. The molecule has 88 valence electrons. The highest BCUT2D eigenvalue weighted by Gasteiger charge is 2.25. The standard InChI is InChI=1S/C14H20BrN/c1-10-6-8-11(9-7-10)14(16)12-4-2-3-5-13(12)15/h2-5,10-11,14H,6-9,16H2,1H3. The van der Waals surface area contributed by atoms with Gasteiger partial charge in [-0.15, -0.1) is 0 Å². The number of hydrogen-bond acceptors (Lipinski definition) is 1. The molecule has 1 saturated carbocycles. The Kier molecular flexibility index (Phi) is 4.04. The van der Waals surface area contributed by atoms with Gasteiger partial charge in [-0.1, -0.05) is 53.9 Å². The zero-order valence-electron chi connectivity index (χ0n) is 9.83. The lowest BCUT2D eigenvalue weighted by Crippen LogP contribution is -2.25. The molecule has 1 aliphatic carbocycles. The minimum absolute atomic E-state index is 0.197. The van der Waals surface area contributed by atoms with Crippen molar-refractivity contribution in [1.82, 2.24) is 0 Å². The molecule has 0 amide bonds. The first-order valence-corrected chi connectivity index (χ1v) is 6.98. The number of hydrogen-bond donors (Lipinski definition) is 1. The van der Waals surface area contributed by atoms with Crippen LogP contribution in [0, 0.1) is 11.8 Å². The van der Waals surface area contributed by atoms with Crippen LogP contribution in [-0.2, 0) is 0 Å². The van der Waals surface area contributed by atoms with Crippen LogP contribution in [0.5, 0.6) is 0 Å². The molecule has 1 aliphatic rings. The van der Waals surface area contributed by atoms with Crippen molar-refractivity contribution in [3.63, 3.8) is 0 Å². The van der Waals surface area contributed by atoms with Crippen LogP contribution in [0.25, 0.3) is 0 Å². The zero-order valence-corrected chi connectivity index (χ0v) is 11.4. The van der Waals surface area contributed by atoms with Gasteiger partial charge >= 0.3 is 0 Å². The van der Waals surface area contributed by atoms with E-state index in [0.29, 0.717) is 5.92 Å². The van der Waals surface area contributed by atoms with E-state index < -0.39 is 0 Å². The van der Waals surface area contributed by atoms with E-state index in [1.807, 2.05) is 6.07 Å². The van der Waals surface area contributed by atoms with Gasteiger partial charge in [0.2, 0.25) is 0 Å². The highest BCUT2D eigenvalue weighted by molar-refractivity contribution is 9.10. The molecule has 1 atom stereocenters. The van der Waals surface area contributed by atoms with E-state index in [9.17, 15) is 0 Å². The van der Waals surface area contributed by atoms with Gasteiger partial charge in [-0.2, -0.15) is 0 Å². The van der Waals surface area contributed by atoms with E-state index in [1.54, 1.807) is 0 Å². The normalized spacial score (nSPS) is 27.7. The summed E-state index contributed by atoms with van der Waals surface area (Å²) in [6, 6.07) is 8.55. The molecule has 2 N–H and O–H groups in total. The fraction of sp³-hybridized carbons (Fsp3) is 0.571. The molecule has 1 fully saturated rings. The number of halogens is 1. The molecule has 0 spiro atoms. The van der Waals surface area contributed by atoms with Crippen molar-refractivity contribution in [3.8, 4) is 0 Å². The van der Waals surface area contributed by atoms with Crippen LogP contribution in [0.15, 0.2) is 28.7 Å². The van der Waals surface area contributed by atoms with Crippen molar-refractivity contribution < 1.29 is 0 Å². The first-order chi connectivity index (χ1) is 7.68. The molecule has 2 rings (SSSR count). The van der Waals surface area contributed by atoms with Crippen LogP contribution in [-0.4, -0.2) is 0 Å². The summed E-state index contributed by atoms with van der Waals surface area (Å²) in [6.07, 6.45) is 5.24. The molecule has 1 nitrogen and oxygen atoms in total. The van der Waals surface area contributed by atoms with E-state index in [0.717, 1.165) is 10.4 Å². The minimum atomic E-state index is 0.197. The second-order valence-corrected chi connectivity index (χ2v) is 5.92. The first kappa shape index (κ1) is 12.1. The molecule has 0 saturated heterocycles. The Bertz CT molecular complexity index is 342. The monoisotopic (exact) mass is 281 g/mol. The highest BCUT2D eigenvalue weighted by Crippen LogP contribution is 2.37. The number of rotatable bonds is 2. The molecule has 0 aromatic heterocycles. The van der Waals surface area contributed by atoms with E-state index in [4.69, 9.17) is 5.73 Å². The molecule has 0 radical (unpaired) electrons. The molecular weight excluding hydrogens is 262 g/mol. The Morgan fingerprint density at radius 1 is 1.19 bits per heavy atom. The second kappa shape index (κ2) is 5.33. The molecule has 1 unspecified atom stereocenters. The summed E-state index contributed by atoms with van der Waals surface area (Å²) in [4.78, 5) is 0. The lowest BCUT2D eigenvalue weighted by atomic mass is 9.78. The Balaban J connectivity index is 2.07. The highest BCUT2D eigenvalue weighted by atomic mass is 79.9. The Morgan fingerprint density at radius 2 is 1.81 bits per heavy atom. The molecule has 0 heterocycles. The first-order valence-electron chi connectivity index (χ1n) is 6.18. The van der Waals surface area contributed by atoms with Gasteiger partial charge in [0, 0.05) is 10.5 Å². The van der Waals surface area contributed by atoms with Crippen molar-refractivity contribution in [1.29, 1.82) is 0 Å². The zero-order chi connectivity index (χ0) is 11.5. The van der Waals surface area contributed by atoms with E-state index in [1.165, 1.54) is 31.2 Å². The quantitative estimate of drug-likeness (QED) is 0.861. The molecule has 0 aliphatic heterocycles. The molecule has 0 bridgehead atoms. The molecule has 2 heteroatoms. The fourth-order valence-electron chi connectivity index (χ4n) is 2.64. The number of nitrogens with two attached hydrogens (primary N) is 1. The summed E-state index contributed by atoms with van der Waals surface area (Å²) in [5.74, 6) is 1.55. The third-order valence-corrected chi connectivity index (χ3v) is 4.55. The van der Waals surface area contributed by atoms with Crippen molar-refractivity contribution in [2.45, 2.75) is 38.6 Å². The lowest BCUT2D eigenvalue weighted by molar-refractivity contribution is 0.256. The van der Waals surface area contributed by atoms with Crippen LogP contribution < -0.4 is 5.73 Å². The third kappa shape index (κ3) is 2.67.